The summed E-state index contributed by atoms with van der Waals surface area (Å²) in [6, 6.07) is 0. The normalized spacial score (nSPS) is 10.3. The third kappa shape index (κ3) is 12.4. The van der Waals surface area contributed by atoms with Gasteiger partial charge in [-0.1, -0.05) is 32.6 Å². The fourth-order valence-corrected chi connectivity index (χ4v) is 1.95. The summed E-state index contributed by atoms with van der Waals surface area (Å²) < 4.78 is 4.99. The number of aliphatic hydroxyl groups is 1. The van der Waals surface area contributed by atoms with Crippen LogP contribution in [0.4, 0.5) is 4.79 Å². The molecule has 0 unspecified atom stereocenters. The summed E-state index contributed by atoms with van der Waals surface area (Å²) in [5.74, 6) is 0.0885. The maximum absolute atomic E-state index is 11.6. The smallest absolute Gasteiger partial charge is 0.407 e. The van der Waals surface area contributed by atoms with Crippen LogP contribution in [0.1, 0.15) is 58.3 Å². The zero-order valence-electron chi connectivity index (χ0n) is 14.1. The van der Waals surface area contributed by atoms with Crippen LogP contribution in [0.5, 0.6) is 0 Å². The van der Waals surface area contributed by atoms with Crippen molar-refractivity contribution in [3.8, 4) is 0 Å². The molecule has 0 aromatic heterocycles. The lowest BCUT2D eigenvalue weighted by molar-refractivity contribution is -0.130. The first-order valence-corrected chi connectivity index (χ1v) is 8.37. The first-order chi connectivity index (χ1) is 10.6. The lowest BCUT2D eigenvalue weighted by Crippen LogP contribution is -2.29. The van der Waals surface area contributed by atoms with E-state index in [-0.39, 0.29) is 18.6 Å². The Bertz CT molecular complexity index is 298. The Kier molecular flexibility index (Phi) is 13.8. The van der Waals surface area contributed by atoms with E-state index in [9.17, 15) is 9.59 Å². The van der Waals surface area contributed by atoms with E-state index in [1.807, 2.05) is 0 Å². The van der Waals surface area contributed by atoms with Gasteiger partial charge in [-0.05, 0) is 19.3 Å². The van der Waals surface area contributed by atoms with Gasteiger partial charge in [-0.25, -0.2) is 4.79 Å². The number of amides is 2. The quantitative estimate of drug-likeness (QED) is 0.511. The molecule has 0 aliphatic carbocycles. The van der Waals surface area contributed by atoms with Crippen molar-refractivity contribution in [1.29, 1.82) is 0 Å². The van der Waals surface area contributed by atoms with Gasteiger partial charge < -0.3 is 20.1 Å². The molecule has 2 amide bonds. The monoisotopic (exact) mass is 316 g/mol. The number of rotatable bonds is 13. The highest BCUT2D eigenvalue weighted by Crippen LogP contribution is 2.06. The van der Waals surface area contributed by atoms with Gasteiger partial charge in [0.25, 0.3) is 0 Å². The first-order valence-electron chi connectivity index (χ1n) is 8.37. The molecule has 2 N–H and O–H groups in total. The van der Waals surface area contributed by atoms with Crippen LogP contribution in [0.2, 0.25) is 0 Å². The highest BCUT2D eigenvalue weighted by atomic mass is 16.5. The number of nitrogens with zero attached hydrogens (tertiary/aromatic N) is 1. The third-order valence-electron chi connectivity index (χ3n) is 3.43. The molecule has 0 rings (SSSR count). The second kappa shape index (κ2) is 14.6. The summed E-state index contributed by atoms with van der Waals surface area (Å²) in [7, 11) is 1.71. The summed E-state index contributed by atoms with van der Waals surface area (Å²) in [5, 5.41) is 11.5. The number of likely N-dealkylation sites (N-methyl/N-ethyl adjacent to an activating group) is 1. The number of carbonyl (C=O) groups excluding carboxylic acids is 2. The fraction of sp³-hybridized carbons (Fsp3) is 0.875. The molecule has 6 heteroatoms. The minimum Gasteiger partial charge on any atom is -0.450 e. The standard InChI is InChI=1S/C16H32N2O4/c1-3-4-14-22-16(21)17-11-9-7-5-6-8-10-15(20)18(2)12-13-19/h19H,3-14H2,1-2H3,(H,17,21). The van der Waals surface area contributed by atoms with Gasteiger partial charge in [0, 0.05) is 26.6 Å². The van der Waals surface area contributed by atoms with E-state index in [0.717, 1.165) is 44.9 Å². The van der Waals surface area contributed by atoms with Crippen molar-refractivity contribution in [1.82, 2.24) is 10.2 Å². The first kappa shape index (κ1) is 20.7. The number of ether oxygens (including phenoxy) is 1. The molecule has 0 aromatic rings. The second-order valence-electron chi connectivity index (χ2n) is 5.47. The van der Waals surface area contributed by atoms with E-state index in [2.05, 4.69) is 12.2 Å². The van der Waals surface area contributed by atoms with Crippen LogP contribution in [0.15, 0.2) is 0 Å². The lowest BCUT2D eigenvalue weighted by atomic mass is 10.1. The zero-order chi connectivity index (χ0) is 16.6. The van der Waals surface area contributed by atoms with Crippen LogP contribution < -0.4 is 5.32 Å². The SMILES string of the molecule is CCCCOC(=O)NCCCCCCCC(=O)N(C)CCO. The second-order valence-corrected chi connectivity index (χ2v) is 5.47. The molecule has 0 aromatic carbocycles. The minimum absolute atomic E-state index is 0.0100. The van der Waals surface area contributed by atoms with Gasteiger partial charge in [0.15, 0.2) is 0 Å². The summed E-state index contributed by atoms with van der Waals surface area (Å²) in [6.07, 6.45) is 7.05. The Morgan fingerprint density at radius 1 is 1.09 bits per heavy atom. The van der Waals surface area contributed by atoms with Gasteiger partial charge in [-0.15, -0.1) is 0 Å². The number of carbonyl (C=O) groups is 2. The summed E-state index contributed by atoms with van der Waals surface area (Å²) in [6.45, 7) is 3.60. The Morgan fingerprint density at radius 3 is 2.45 bits per heavy atom. The van der Waals surface area contributed by atoms with Crippen molar-refractivity contribution < 1.29 is 19.4 Å². The topological polar surface area (TPSA) is 78.9 Å². The van der Waals surface area contributed by atoms with Gasteiger partial charge in [0.1, 0.15) is 0 Å². The molecule has 130 valence electrons. The Morgan fingerprint density at radius 2 is 1.77 bits per heavy atom. The van der Waals surface area contributed by atoms with Crippen molar-refractivity contribution in [2.45, 2.75) is 58.3 Å². The third-order valence-corrected chi connectivity index (χ3v) is 3.43. The van der Waals surface area contributed by atoms with Gasteiger partial charge in [0.05, 0.1) is 13.2 Å². The molecule has 22 heavy (non-hydrogen) atoms. The van der Waals surface area contributed by atoms with Crippen molar-refractivity contribution in [2.24, 2.45) is 0 Å². The van der Waals surface area contributed by atoms with Gasteiger partial charge in [-0.3, -0.25) is 4.79 Å². The average Bonchev–Trinajstić information content (AvgIpc) is 2.50. The molecule has 0 radical (unpaired) electrons. The van der Waals surface area contributed by atoms with Crippen LogP contribution in [0, 0.1) is 0 Å². The van der Waals surface area contributed by atoms with Crippen LogP contribution in [0.25, 0.3) is 0 Å². The number of hydrogen-bond donors (Lipinski definition) is 2. The van der Waals surface area contributed by atoms with E-state index in [1.54, 1.807) is 11.9 Å². The average molecular weight is 316 g/mol. The van der Waals surface area contributed by atoms with Crippen molar-refractivity contribution in [3.63, 3.8) is 0 Å². The lowest BCUT2D eigenvalue weighted by Gasteiger charge is -2.15. The van der Waals surface area contributed by atoms with Crippen LogP contribution >= 0.6 is 0 Å². The molecule has 6 nitrogen and oxygen atoms in total. The Hall–Kier alpha value is -1.30. The number of nitrogens with one attached hydrogen (secondary N) is 1. The molecule has 0 atom stereocenters. The molecule has 0 heterocycles. The van der Waals surface area contributed by atoms with Gasteiger partial charge in [-0.2, -0.15) is 0 Å². The summed E-state index contributed by atoms with van der Waals surface area (Å²) in [5.41, 5.74) is 0. The number of unbranched alkanes of at least 4 members (excludes halogenated alkanes) is 5. The van der Waals surface area contributed by atoms with Crippen LogP contribution in [0.3, 0.4) is 0 Å². The van der Waals surface area contributed by atoms with E-state index >= 15 is 0 Å². The molecule has 0 saturated heterocycles. The highest BCUT2D eigenvalue weighted by molar-refractivity contribution is 5.75. The predicted molar refractivity (Wildman–Crippen MR) is 86.7 cm³/mol. The maximum Gasteiger partial charge on any atom is 0.407 e. The van der Waals surface area contributed by atoms with Crippen LogP contribution in [-0.2, 0) is 9.53 Å². The number of hydrogen-bond acceptors (Lipinski definition) is 4. The molecule has 0 aliphatic heterocycles. The molecular weight excluding hydrogens is 284 g/mol. The van der Waals surface area contributed by atoms with Crippen molar-refractivity contribution >= 4 is 12.0 Å². The molecule has 0 saturated carbocycles. The summed E-state index contributed by atoms with van der Waals surface area (Å²) >= 11 is 0. The molecule has 0 bridgehead atoms. The largest absolute Gasteiger partial charge is 0.450 e. The van der Waals surface area contributed by atoms with E-state index in [0.29, 0.717) is 26.1 Å². The Labute approximate surface area is 134 Å². The Balaban J connectivity index is 3.33. The van der Waals surface area contributed by atoms with Crippen molar-refractivity contribution in [2.75, 3.05) is 33.4 Å². The summed E-state index contributed by atoms with van der Waals surface area (Å²) in [4.78, 5) is 24.4. The zero-order valence-corrected chi connectivity index (χ0v) is 14.1. The van der Waals surface area contributed by atoms with Crippen molar-refractivity contribution in [3.05, 3.63) is 0 Å². The predicted octanol–water partition coefficient (Wildman–Crippen LogP) is 2.30. The molecule has 0 aliphatic rings. The van der Waals surface area contributed by atoms with Crippen LogP contribution in [-0.4, -0.2) is 55.4 Å². The van der Waals surface area contributed by atoms with E-state index < -0.39 is 0 Å². The van der Waals surface area contributed by atoms with E-state index in [1.165, 1.54) is 0 Å². The molecular formula is C16H32N2O4. The van der Waals surface area contributed by atoms with Gasteiger partial charge >= 0.3 is 6.09 Å². The number of aliphatic hydroxyl groups excluding tert-OH is 1. The molecule has 0 fully saturated rings. The molecule has 0 spiro atoms. The van der Waals surface area contributed by atoms with Gasteiger partial charge in [0.2, 0.25) is 5.91 Å². The minimum atomic E-state index is -0.328. The highest BCUT2D eigenvalue weighted by Gasteiger charge is 2.06. The maximum atomic E-state index is 11.6. The fourth-order valence-electron chi connectivity index (χ4n) is 1.95. The number of alkyl carbamates (subject to hydrolysis) is 1. The van der Waals surface area contributed by atoms with E-state index in [4.69, 9.17) is 9.84 Å².